The Hall–Kier alpha value is -3.30. The van der Waals surface area contributed by atoms with E-state index in [-0.39, 0.29) is 30.5 Å². The van der Waals surface area contributed by atoms with Gasteiger partial charge in [0.1, 0.15) is 0 Å². The normalized spacial score (nSPS) is 18.5. The summed E-state index contributed by atoms with van der Waals surface area (Å²) in [5, 5.41) is 15.8. The van der Waals surface area contributed by atoms with Gasteiger partial charge in [-0.25, -0.2) is 4.79 Å². The molecule has 2 aromatic rings. The van der Waals surface area contributed by atoms with Crippen LogP contribution in [-0.2, 0) is 9.59 Å². The summed E-state index contributed by atoms with van der Waals surface area (Å²) in [4.78, 5) is 55.0. The van der Waals surface area contributed by atoms with Crippen molar-refractivity contribution in [3.63, 3.8) is 0 Å². The number of nitrogens with one attached hydrogen (secondary N) is 2. The molecule has 11 heteroatoms. The van der Waals surface area contributed by atoms with E-state index >= 15 is 0 Å². The van der Waals surface area contributed by atoms with Crippen LogP contribution in [0.2, 0.25) is 10.0 Å². The second-order valence-corrected chi connectivity index (χ2v) is 10.9. The fraction of sp³-hybridized carbons (Fsp3) is 0.429. The molecule has 0 radical (unpaired) electrons. The number of hydrogen-bond acceptors (Lipinski definition) is 4. The second-order valence-electron chi connectivity index (χ2n) is 10.1. The molecule has 2 fully saturated rings. The van der Waals surface area contributed by atoms with Gasteiger partial charge in [0.15, 0.2) is 6.17 Å². The third kappa shape index (κ3) is 7.02. The van der Waals surface area contributed by atoms with E-state index in [1.54, 1.807) is 30.3 Å². The van der Waals surface area contributed by atoms with Crippen LogP contribution in [0.1, 0.15) is 54.4 Å². The molecule has 2 unspecified atom stereocenters. The third-order valence-electron chi connectivity index (χ3n) is 7.31. The molecule has 1 heterocycles. The Morgan fingerprint density at radius 1 is 0.974 bits per heavy atom. The first-order valence-corrected chi connectivity index (χ1v) is 13.8. The van der Waals surface area contributed by atoms with Crippen LogP contribution in [0.5, 0.6) is 0 Å². The van der Waals surface area contributed by atoms with Gasteiger partial charge in [-0.1, -0.05) is 60.2 Å². The number of urea groups is 1. The van der Waals surface area contributed by atoms with Gasteiger partial charge in [-0.05, 0) is 56.0 Å². The first kappa shape index (κ1) is 28.7. The summed E-state index contributed by atoms with van der Waals surface area (Å²) in [7, 11) is 0. The van der Waals surface area contributed by atoms with Gasteiger partial charge in [0.05, 0.1) is 16.5 Å². The van der Waals surface area contributed by atoms with Crippen molar-refractivity contribution in [1.29, 1.82) is 0 Å². The van der Waals surface area contributed by atoms with E-state index in [4.69, 9.17) is 23.2 Å². The van der Waals surface area contributed by atoms with Crippen molar-refractivity contribution in [1.82, 2.24) is 15.1 Å². The molecule has 3 N–H and O–H groups in total. The minimum absolute atomic E-state index is 0.0135. The molecule has 1 saturated heterocycles. The summed E-state index contributed by atoms with van der Waals surface area (Å²) >= 11 is 12.1. The lowest BCUT2D eigenvalue weighted by Crippen LogP contribution is -2.57. The van der Waals surface area contributed by atoms with Crippen LogP contribution in [0, 0.1) is 12.8 Å². The molecule has 2 atom stereocenters. The molecule has 4 rings (SSSR count). The van der Waals surface area contributed by atoms with E-state index in [2.05, 4.69) is 10.6 Å². The van der Waals surface area contributed by atoms with E-state index in [0.29, 0.717) is 16.3 Å². The van der Waals surface area contributed by atoms with Gasteiger partial charge in [-0.3, -0.25) is 19.3 Å². The van der Waals surface area contributed by atoms with E-state index in [9.17, 15) is 24.3 Å². The average Bonchev–Trinajstić information content (AvgIpc) is 3.36. The number of nitrogens with zero attached hydrogens (tertiary/aromatic N) is 2. The third-order valence-corrected chi connectivity index (χ3v) is 8.04. The molecule has 1 aliphatic heterocycles. The number of carbonyl (C=O) groups excluding carboxylic acids is 3. The Morgan fingerprint density at radius 2 is 1.69 bits per heavy atom. The van der Waals surface area contributed by atoms with Crippen molar-refractivity contribution in [2.75, 3.05) is 18.4 Å². The SMILES string of the molecule is Cc1cccc(C(=O)N2CCN(C(=O)Nc3ccc(Cl)c(Cl)c3)C2C(=O)NC(CC(=O)O)C2CCCCC2)c1. The maximum absolute atomic E-state index is 13.8. The highest BCUT2D eigenvalue weighted by atomic mass is 35.5. The summed E-state index contributed by atoms with van der Waals surface area (Å²) in [5.74, 6) is -1.98. The highest BCUT2D eigenvalue weighted by Gasteiger charge is 2.44. The number of aliphatic carboxylic acids is 1. The van der Waals surface area contributed by atoms with Crippen LogP contribution < -0.4 is 10.6 Å². The monoisotopic (exact) mass is 574 g/mol. The standard InChI is InChI=1S/C28H32Cl2N4O5/c1-17-6-5-9-19(14-17)27(38)33-12-13-34(28(39)31-20-10-11-21(29)22(30)15-20)26(33)25(37)32-23(16-24(35)36)18-7-3-2-4-8-18/h5-6,9-11,14-15,18,23,26H,2-4,7-8,12-13,16H2,1H3,(H,31,39)(H,32,37)(H,35,36). The number of halogens is 2. The fourth-order valence-electron chi connectivity index (χ4n) is 5.37. The predicted octanol–water partition coefficient (Wildman–Crippen LogP) is 5.16. The number of rotatable bonds is 7. The lowest BCUT2D eigenvalue weighted by atomic mass is 9.82. The van der Waals surface area contributed by atoms with Crippen LogP contribution in [0.4, 0.5) is 10.5 Å². The molecule has 1 saturated carbocycles. The Labute approximate surface area is 237 Å². The smallest absolute Gasteiger partial charge is 0.323 e. The minimum atomic E-state index is -1.26. The lowest BCUT2D eigenvalue weighted by Gasteiger charge is -2.34. The zero-order chi connectivity index (χ0) is 28.1. The number of carbonyl (C=O) groups is 4. The quantitative estimate of drug-likeness (QED) is 0.422. The molecule has 1 aliphatic carbocycles. The van der Waals surface area contributed by atoms with Crippen molar-refractivity contribution in [2.24, 2.45) is 5.92 Å². The van der Waals surface area contributed by atoms with Crippen molar-refractivity contribution in [3.05, 3.63) is 63.6 Å². The summed E-state index contributed by atoms with van der Waals surface area (Å²) < 4.78 is 0. The van der Waals surface area contributed by atoms with Gasteiger partial charge in [-0.15, -0.1) is 0 Å². The van der Waals surface area contributed by atoms with Crippen LogP contribution in [0.25, 0.3) is 0 Å². The molecule has 2 aliphatic rings. The van der Waals surface area contributed by atoms with Crippen LogP contribution in [0.15, 0.2) is 42.5 Å². The van der Waals surface area contributed by atoms with Gasteiger partial charge >= 0.3 is 12.0 Å². The summed E-state index contributed by atoms with van der Waals surface area (Å²) in [6, 6.07) is 10.4. The number of carboxylic acid groups (broad SMARTS) is 1. The molecular weight excluding hydrogens is 543 g/mol. The fourth-order valence-corrected chi connectivity index (χ4v) is 5.67. The zero-order valence-corrected chi connectivity index (χ0v) is 23.2. The Bertz CT molecular complexity index is 1250. The Kier molecular flexibility index (Phi) is 9.35. The second kappa shape index (κ2) is 12.7. The van der Waals surface area contributed by atoms with Crippen molar-refractivity contribution >= 4 is 52.7 Å². The highest BCUT2D eigenvalue weighted by Crippen LogP contribution is 2.29. The summed E-state index contributed by atoms with van der Waals surface area (Å²) in [5.41, 5.74) is 1.66. The lowest BCUT2D eigenvalue weighted by molar-refractivity contribution is -0.138. The van der Waals surface area contributed by atoms with Gasteiger partial charge in [0.25, 0.3) is 11.8 Å². The number of anilines is 1. The molecule has 0 spiro atoms. The predicted molar refractivity (Wildman–Crippen MR) is 149 cm³/mol. The van der Waals surface area contributed by atoms with Gasteiger partial charge in [0, 0.05) is 30.4 Å². The molecule has 2 aromatic carbocycles. The summed E-state index contributed by atoms with van der Waals surface area (Å²) in [6.45, 7) is 2.10. The Morgan fingerprint density at radius 3 is 2.36 bits per heavy atom. The molecule has 4 amide bonds. The van der Waals surface area contributed by atoms with Crippen molar-refractivity contribution in [2.45, 2.75) is 57.7 Å². The first-order chi connectivity index (χ1) is 18.6. The summed E-state index contributed by atoms with van der Waals surface area (Å²) in [6.07, 6.45) is 3.15. The van der Waals surface area contributed by atoms with Gasteiger partial charge in [-0.2, -0.15) is 0 Å². The largest absolute Gasteiger partial charge is 0.481 e. The van der Waals surface area contributed by atoms with Crippen molar-refractivity contribution in [3.8, 4) is 0 Å². The number of amides is 4. The van der Waals surface area contributed by atoms with E-state index in [1.165, 1.54) is 15.9 Å². The van der Waals surface area contributed by atoms with Gasteiger partial charge in [0.2, 0.25) is 0 Å². The maximum atomic E-state index is 13.8. The van der Waals surface area contributed by atoms with Gasteiger partial charge < -0.3 is 20.6 Å². The van der Waals surface area contributed by atoms with Crippen molar-refractivity contribution < 1.29 is 24.3 Å². The molecule has 39 heavy (non-hydrogen) atoms. The number of aryl methyl sites for hydroxylation is 1. The van der Waals surface area contributed by atoms with Crippen LogP contribution in [-0.4, -0.2) is 64.0 Å². The van der Waals surface area contributed by atoms with Crippen LogP contribution >= 0.6 is 23.2 Å². The Balaban J connectivity index is 1.61. The molecule has 0 aromatic heterocycles. The van der Waals surface area contributed by atoms with E-state index in [1.807, 2.05) is 13.0 Å². The topological polar surface area (TPSA) is 119 Å². The van der Waals surface area contributed by atoms with E-state index < -0.39 is 36.0 Å². The zero-order valence-electron chi connectivity index (χ0n) is 21.7. The molecule has 208 valence electrons. The number of benzene rings is 2. The molecule has 0 bridgehead atoms. The molecule has 9 nitrogen and oxygen atoms in total. The highest BCUT2D eigenvalue weighted by molar-refractivity contribution is 6.42. The first-order valence-electron chi connectivity index (χ1n) is 13.1. The minimum Gasteiger partial charge on any atom is -0.481 e. The number of carboxylic acids is 1. The van der Waals surface area contributed by atoms with Crippen LogP contribution in [0.3, 0.4) is 0 Å². The maximum Gasteiger partial charge on any atom is 0.323 e. The average molecular weight is 575 g/mol. The molecular formula is C28H32Cl2N4O5. The van der Waals surface area contributed by atoms with E-state index in [0.717, 1.165) is 37.7 Å². The number of hydrogen-bond donors (Lipinski definition) is 3.